The lowest BCUT2D eigenvalue weighted by Crippen LogP contribution is -2.50. The van der Waals surface area contributed by atoms with Gasteiger partial charge in [-0.15, -0.1) is 0 Å². The van der Waals surface area contributed by atoms with Crippen LogP contribution in [0.4, 0.5) is 16.2 Å². The molecule has 0 spiro atoms. The van der Waals surface area contributed by atoms with Crippen molar-refractivity contribution < 1.29 is 14.3 Å². The summed E-state index contributed by atoms with van der Waals surface area (Å²) in [6, 6.07) is 12.1. The summed E-state index contributed by atoms with van der Waals surface area (Å²) in [7, 11) is 3.33. The van der Waals surface area contributed by atoms with Crippen molar-refractivity contribution in [2.45, 2.75) is 20.5 Å². The number of rotatable bonds is 5. The summed E-state index contributed by atoms with van der Waals surface area (Å²) in [5.74, 6) is 0.684. The van der Waals surface area contributed by atoms with E-state index >= 15 is 0 Å². The summed E-state index contributed by atoms with van der Waals surface area (Å²) in [5.41, 5.74) is 5.32. The SMILES string of the molecule is COCc1ccccc1N1CCN(C(=O)Nc2cc(C)c(C)cc2OC)CC1. The molecule has 150 valence electrons. The van der Waals surface area contributed by atoms with Crippen molar-refractivity contribution >= 4 is 17.4 Å². The molecule has 0 saturated carbocycles. The van der Waals surface area contributed by atoms with Gasteiger partial charge < -0.3 is 24.6 Å². The van der Waals surface area contributed by atoms with Crippen LogP contribution in [0, 0.1) is 13.8 Å². The Labute approximate surface area is 167 Å². The molecule has 2 aromatic carbocycles. The zero-order valence-electron chi connectivity index (χ0n) is 17.1. The predicted octanol–water partition coefficient (Wildman–Crippen LogP) is 3.81. The molecule has 0 unspecified atom stereocenters. The fourth-order valence-electron chi connectivity index (χ4n) is 3.50. The van der Waals surface area contributed by atoms with E-state index in [0.717, 1.165) is 24.2 Å². The van der Waals surface area contributed by atoms with Crippen molar-refractivity contribution in [3.63, 3.8) is 0 Å². The number of hydrogen-bond donors (Lipinski definition) is 1. The highest BCUT2D eigenvalue weighted by Gasteiger charge is 2.23. The average Bonchev–Trinajstić information content (AvgIpc) is 2.71. The summed E-state index contributed by atoms with van der Waals surface area (Å²) in [6.07, 6.45) is 0. The molecule has 1 saturated heterocycles. The van der Waals surface area contributed by atoms with E-state index in [1.807, 2.05) is 43.0 Å². The van der Waals surface area contributed by atoms with E-state index < -0.39 is 0 Å². The normalized spacial score (nSPS) is 14.1. The molecule has 0 atom stereocenters. The zero-order valence-corrected chi connectivity index (χ0v) is 17.1. The van der Waals surface area contributed by atoms with Crippen LogP contribution in [-0.4, -0.2) is 51.3 Å². The van der Waals surface area contributed by atoms with Gasteiger partial charge in [0.05, 0.1) is 19.4 Å². The van der Waals surface area contributed by atoms with E-state index in [0.29, 0.717) is 31.1 Å². The molecule has 1 heterocycles. The maximum atomic E-state index is 12.8. The first kappa shape index (κ1) is 20.0. The molecule has 1 N–H and O–H groups in total. The van der Waals surface area contributed by atoms with E-state index in [-0.39, 0.29) is 6.03 Å². The standard InChI is InChI=1S/C22H29N3O3/c1-16-13-19(21(28-4)14-17(16)2)23-22(26)25-11-9-24(10-12-25)20-8-6-5-7-18(20)15-27-3/h5-8,13-14H,9-12,15H2,1-4H3,(H,23,26). The minimum atomic E-state index is -0.0913. The number of ether oxygens (including phenoxy) is 2. The number of hydrogen-bond acceptors (Lipinski definition) is 4. The van der Waals surface area contributed by atoms with E-state index in [2.05, 4.69) is 22.3 Å². The fourth-order valence-corrected chi connectivity index (χ4v) is 3.50. The minimum absolute atomic E-state index is 0.0913. The van der Waals surface area contributed by atoms with Crippen molar-refractivity contribution in [3.8, 4) is 5.75 Å². The predicted molar refractivity (Wildman–Crippen MR) is 112 cm³/mol. The lowest BCUT2D eigenvalue weighted by atomic mass is 10.1. The number of carbonyl (C=O) groups excluding carboxylic acids is 1. The topological polar surface area (TPSA) is 54.0 Å². The van der Waals surface area contributed by atoms with Crippen LogP contribution >= 0.6 is 0 Å². The van der Waals surface area contributed by atoms with Crippen LogP contribution in [0.25, 0.3) is 0 Å². The Hall–Kier alpha value is -2.73. The molecule has 6 heteroatoms. The number of piperazine rings is 1. The Balaban J connectivity index is 1.64. The van der Waals surface area contributed by atoms with Gasteiger partial charge in [0.1, 0.15) is 5.75 Å². The largest absolute Gasteiger partial charge is 0.495 e. The summed E-state index contributed by atoms with van der Waals surface area (Å²) < 4.78 is 10.7. The van der Waals surface area contributed by atoms with Gasteiger partial charge in [-0.2, -0.15) is 0 Å². The number of urea groups is 1. The van der Waals surface area contributed by atoms with Gasteiger partial charge in [0, 0.05) is 44.5 Å². The Morgan fingerprint density at radius 2 is 1.71 bits per heavy atom. The lowest BCUT2D eigenvalue weighted by Gasteiger charge is -2.37. The second-order valence-corrected chi connectivity index (χ2v) is 7.10. The summed E-state index contributed by atoms with van der Waals surface area (Å²) >= 11 is 0. The first-order chi connectivity index (χ1) is 13.5. The summed E-state index contributed by atoms with van der Waals surface area (Å²) in [4.78, 5) is 16.9. The molecule has 28 heavy (non-hydrogen) atoms. The smallest absolute Gasteiger partial charge is 0.322 e. The summed E-state index contributed by atoms with van der Waals surface area (Å²) in [6.45, 7) is 7.56. The molecule has 1 fully saturated rings. The van der Waals surface area contributed by atoms with Crippen LogP contribution in [-0.2, 0) is 11.3 Å². The molecule has 0 bridgehead atoms. The average molecular weight is 383 g/mol. The summed E-state index contributed by atoms with van der Waals surface area (Å²) in [5, 5.41) is 3.01. The Bertz CT molecular complexity index is 830. The number of aryl methyl sites for hydroxylation is 2. The minimum Gasteiger partial charge on any atom is -0.495 e. The van der Waals surface area contributed by atoms with Crippen molar-refractivity contribution in [2.24, 2.45) is 0 Å². The second kappa shape index (κ2) is 8.97. The van der Waals surface area contributed by atoms with Crippen molar-refractivity contribution in [1.82, 2.24) is 4.90 Å². The third-order valence-electron chi connectivity index (χ3n) is 5.26. The van der Waals surface area contributed by atoms with Crippen LogP contribution in [0.5, 0.6) is 5.75 Å². The Kier molecular flexibility index (Phi) is 6.41. The number of benzene rings is 2. The lowest BCUT2D eigenvalue weighted by molar-refractivity contribution is 0.184. The number of anilines is 2. The Morgan fingerprint density at radius 3 is 2.39 bits per heavy atom. The van der Waals surface area contributed by atoms with Crippen molar-refractivity contribution in [3.05, 3.63) is 53.1 Å². The number of carbonyl (C=O) groups is 1. The second-order valence-electron chi connectivity index (χ2n) is 7.10. The fraction of sp³-hybridized carbons (Fsp3) is 0.409. The van der Waals surface area contributed by atoms with Crippen LogP contribution in [0.15, 0.2) is 36.4 Å². The number of nitrogens with zero attached hydrogens (tertiary/aromatic N) is 2. The highest BCUT2D eigenvalue weighted by molar-refractivity contribution is 5.91. The molecule has 2 amide bonds. The number of methoxy groups -OCH3 is 2. The highest BCUT2D eigenvalue weighted by atomic mass is 16.5. The molecule has 1 aliphatic heterocycles. The molecule has 2 aromatic rings. The third-order valence-corrected chi connectivity index (χ3v) is 5.26. The van der Waals surface area contributed by atoms with E-state index in [1.165, 1.54) is 11.3 Å². The van der Waals surface area contributed by atoms with Gasteiger partial charge in [-0.05, 0) is 43.2 Å². The highest BCUT2D eigenvalue weighted by Crippen LogP contribution is 2.28. The molecular formula is C22H29N3O3. The molecule has 0 aliphatic carbocycles. The van der Waals surface area contributed by atoms with Gasteiger partial charge in [-0.3, -0.25) is 0 Å². The molecule has 1 aliphatic rings. The van der Waals surface area contributed by atoms with Gasteiger partial charge in [0.2, 0.25) is 0 Å². The van der Waals surface area contributed by atoms with Crippen LogP contribution in [0.3, 0.4) is 0 Å². The Morgan fingerprint density at radius 1 is 1.04 bits per heavy atom. The van der Waals surface area contributed by atoms with Gasteiger partial charge in [-0.1, -0.05) is 18.2 Å². The molecule has 6 nitrogen and oxygen atoms in total. The third kappa shape index (κ3) is 4.39. The molecule has 0 aromatic heterocycles. The first-order valence-corrected chi connectivity index (χ1v) is 9.56. The first-order valence-electron chi connectivity index (χ1n) is 9.56. The molecule has 3 rings (SSSR count). The van der Waals surface area contributed by atoms with Crippen LogP contribution < -0.4 is 15.0 Å². The quantitative estimate of drug-likeness (QED) is 0.853. The van der Waals surface area contributed by atoms with Gasteiger partial charge in [0.15, 0.2) is 0 Å². The van der Waals surface area contributed by atoms with Gasteiger partial charge >= 0.3 is 6.03 Å². The van der Waals surface area contributed by atoms with Gasteiger partial charge in [-0.25, -0.2) is 4.79 Å². The van der Waals surface area contributed by atoms with E-state index in [4.69, 9.17) is 9.47 Å². The van der Waals surface area contributed by atoms with Crippen LogP contribution in [0.1, 0.15) is 16.7 Å². The zero-order chi connectivity index (χ0) is 20.1. The van der Waals surface area contributed by atoms with Crippen molar-refractivity contribution in [2.75, 3.05) is 50.6 Å². The maximum absolute atomic E-state index is 12.8. The van der Waals surface area contributed by atoms with Gasteiger partial charge in [0.25, 0.3) is 0 Å². The molecular weight excluding hydrogens is 354 g/mol. The van der Waals surface area contributed by atoms with E-state index in [9.17, 15) is 4.79 Å². The monoisotopic (exact) mass is 383 g/mol. The van der Waals surface area contributed by atoms with Crippen molar-refractivity contribution in [1.29, 1.82) is 0 Å². The van der Waals surface area contributed by atoms with Crippen LogP contribution in [0.2, 0.25) is 0 Å². The van der Waals surface area contributed by atoms with E-state index in [1.54, 1.807) is 14.2 Å². The number of amides is 2. The number of para-hydroxylation sites is 1. The molecule has 0 radical (unpaired) electrons. The number of nitrogens with one attached hydrogen (secondary N) is 1. The maximum Gasteiger partial charge on any atom is 0.322 e.